The van der Waals surface area contributed by atoms with Crippen LogP contribution in [-0.2, 0) is 13.0 Å². The summed E-state index contributed by atoms with van der Waals surface area (Å²) in [5.41, 5.74) is 5.05. The Bertz CT molecular complexity index is 529. The number of hydrogen-bond acceptors (Lipinski definition) is 1. The van der Waals surface area contributed by atoms with Gasteiger partial charge in [-0.3, -0.25) is 0 Å². The maximum Gasteiger partial charge on any atom is 0.109 e. The highest BCUT2D eigenvalue weighted by atomic mass is 15.1. The van der Waals surface area contributed by atoms with Gasteiger partial charge in [-0.1, -0.05) is 23.8 Å². The van der Waals surface area contributed by atoms with E-state index in [4.69, 9.17) is 4.98 Å². The molecule has 1 aromatic heterocycles. The monoisotopic (exact) mass is 226 g/mol. The van der Waals surface area contributed by atoms with E-state index in [-0.39, 0.29) is 0 Å². The Morgan fingerprint density at radius 1 is 1.18 bits per heavy atom. The Balaban J connectivity index is 2.06. The molecule has 2 nitrogen and oxygen atoms in total. The van der Waals surface area contributed by atoms with Crippen molar-refractivity contribution in [3.05, 3.63) is 41.3 Å². The van der Waals surface area contributed by atoms with Crippen molar-refractivity contribution < 1.29 is 0 Å². The van der Waals surface area contributed by atoms with Gasteiger partial charge in [0, 0.05) is 24.7 Å². The summed E-state index contributed by atoms with van der Waals surface area (Å²) in [5.74, 6) is 1.26. The van der Waals surface area contributed by atoms with Crippen LogP contribution in [-0.4, -0.2) is 9.55 Å². The lowest BCUT2D eigenvalue weighted by molar-refractivity contribution is 0.522. The Labute approximate surface area is 102 Å². The Kier molecular flexibility index (Phi) is 2.50. The molecule has 1 aliphatic rings. The molecule has 0 fully saturated rings. The van der Waals surface area contributed by atoms with Gasteiger partial charge in [0.2, 0.25) is 0 Å². The minimum atomic E-state index is 1.13. The number of hydrogen-bond donors (Lipinski definition) is 0. The van der Waals surface area contributed by atoms with Gasteiger partial charge in [0.1, 0.15) is 5.82 Å². The van der Waals surface area contributed by atoms with Gasteiger partial charge in [0.25, 0.3) is 0 Å². The van der Waals surface area contributed by atoms with Gasteiger partial charge in [0.15, 0.2) is 0 Å². The first-order chi connectivity index (χ1) is 8.24. The van der Waals surface area contributed by atoms with Crippen LogP contribution in [0.2, 0.25) is 0 Å². The fraction of sp³-hybridized carbons (Fsp3) is 0.400. The first-order valence-corrected chi connectivity index (χ1v) is 6.38. The molecule has 0 saturated heterocycles. The van der Waals surface area contributed by atoms with Crippen molar-refractivity contribution in [2.24, 2.45) is 0 Å². The summed E-state index contributed by atoms with van der Waals surface area (Å²) in [5, 5.41) is 0. The number of benzene rings is 1. The second-order valence-corrected chi connectivity index (χ2v) is 5.01. The van der Waals surface area contributed by atoms with Gasteiger partial charge >= 0.3 is 0 Å². The summed E-state index contributed by atoms with van der Waals surface area (Å²) in [7, 11) is 0. The molecule has 0 radical (unpaired) electrons. The van der Waals surface area contributed by atoms with Crippen LogP contribution >= 0.6 is 0 Å². The van der Waals surface area contributed by atoms with Crippen LogP contribution in [0.5, 0.6) is 0 Å². The van der Waals surface area contributed by atoms with E-state index in [9.17, 15) is 0 Å². The molecule has 0 bridgehead atoms. The van der Waals surface area contributed by atoms with Crippen LogP contribution in [0.3, 0.4) is 0 Å². The van der Waals surface area contributed by atoms with E-state index in [1.54, 1.807) is 0 Å². The van der Waals surface area contributed by atoms with Gasteiger partial charge in [-0.15, -0.1) is 0 Å². The molecular formula is C15H18N2. The average molecular weight is 226 g/mol. The molecule has 0 atom stereocenters. The highest BCUT2D eigenvalue weighted by Crippen LogP contribution is 2.25. The van der Waals surface area contributed by atoms with E-state index < -0.39 is 0 Å². The molecule has 3 rings (SSSR count). The number of rotatable bonds is 1. The molecule has 2 aromatic rings. The van der Waals surface area contributed by atoms with Gasteiger partial charge in [0.05, 0.1) is 5.69 Å². The third kappa shape index (κ3) is 1.88. The summed E-state index contributed by atoms with van der Waals surface area (Å²) in [6, 6.07) is 6.59. The number of aryl methyl sites for hydroxylation is 4. The van der Waals surface area contributed by atoms with E-state index in [1.165, 1.54) is 35.4 Å². The highest BCUT2D eigenvalue weighted by molar-refractivity contribution is 5.63. The summed E-state index contributed by atoms with van der Waals surface area (Å²) < 4.78 is 2.32. The van der Waals surface area contributed by atoms with Gasteiger partial charge < -0.3 is 4.57 Å². The lowest BCUT2D eigenvalue weighted by Gasteiger charge is -2.11. The average Bonchev–Trinajstić information content (AvgIpc) is 2.72. The smallest absolute Gasteiger partial charge is 0.109 e. The van der Waals surface area contributed by atoms with E-state index >= 15 is 0 Å². The first kappa shape index (κ1) is 10.6. The van der Waals surface area contributed by atoms with Crippen LogP contribution in [0.15, 0.2) is 24.4 Å². The van der Waals surface area contributed by atoms with Gasteiger partial charge in [-0.2, -0.15) is 0 Å². The number of imidazole rings is 1. The van der Waals surface area contributed by atoms with Gasteiger partial charge in [-0.25, -0.2) is 4.98 Å². The van der Waals surface area contributed by atoms with Crippen molar-refractivity contribution in [3.63, 3.8) is 0 Å². The maximum absolute atomic E-state index is 4.77. The Morgan fingerprint density at radius 2 is 2.06 bits per heavy atom. The van der Waals surface area contributed by atoms with Gasteiger partial charge in [-0.05, 0) is 32.3 Å². The molecule has 0 spiro atoms. The molecule has 0 unspecified atom stereocenters. The predicted molar refractivity (Wildman–Crippen MR) is 70.1 cm³/mol. The number of aromatic nitrogens is 2. The number of fused-ring (bicyclic) bond motifs is 1. The maximum atomic E-state index is 4.77. The normalized spacial score (nSPS) is 14.7. The topological polar surface area (TPSA) is 17.8 Å². The van der Waals surface area contributed by atoms with Crippen LogP contribution < -0.4 is 0 Å². The molecule has 1 aromatic carbocycles. The quantitative estimate of drug-likeness (QED) is 0.727. The molecule has 0 saturated carbocycles. The van der Waals surface area contributed by atoms with Crippen molar-refractivity contribution >= 4 is 0 Å². The molecule has 2 heteroatoms. The molecule has 0 amide bonds. The zero-order chi connectivity index (χ0) is 11.8. The standard InChI is InChI=1S/C15H18N2/c1-11-6-7-13(12(2)9-11)14-10-17-8-4-3-5-15(17)16-14/h6-7,9-10H,3-5,8H2,1-2H3. The minimum Gasteiger partial charge on any atom is -0.334 e. The third-order valence-corrected chi connectivity index (χ3v) is 3.57. The second kappa shape index (κ2) is 4.02. The summed E-state index contributed by atoms with van der Waals surface area (Å²) in [6.45, 7) is 5.43. The summed E-state index contributed by atoms with van der Waals surface area (Å²) in [6.07, 6.45) is 5.91. The molecule has 88 valence electrons. The highest BCUT2D eigenvalue weighted by Gasteiger charge is 2.14. The molecule has 0 N–H and O–H groups in total. The lowest BCUT2D eigenvalue weighted by Crippen LogP contribution is -2.08. The SMILES string of the molecule is Cc1ccc(-c2cn3c(n2)CCCC3)c(C)c1. The Hall–Kier alpha value is -1.57. The van der Waals surface area contributed by atoms with E-state index in [2.05, 4.69) is 42.8 Å². The third-order valence-electron chi connectivity index (χ3n) is 3.57. The zero-order valence-electron chi connectivity index (χ0n) is 10.5. The summed E-state index contributed by atoms with van der Waals surface area (Å²) >= 11 is 0. The lowest BCUT2D eigenvalue weighted by atomic mass is 10.0. The predicted octanol–water partition coefficient (Wildman–Crippen LogP) is 3.50. The van der Waals surface area contributed by atoms with E-state index in [1.807, 2.05) is 0 Å². The minimum absolute atomic E-state index is 1.13. The fourth-order valence-electron chi connectivity index (χ4n) is 2.64. The van der Waals surface area contributed by atoms with Crippen molar-refractivity contribution in [2.75, 3.05) is 0 Å². The van der Waals surface area contributed by atoms with E-state index in [0.29, 0.717) is 0 Å². The van der Waals surface area contributed by atoms with Crippen molar-refractivity contribution in [3.8, 4) is 11.3 Å². The largest absolute Gasteiger partial charge is 0.334 e. The van der Waals surface area contributed by atoms with Crippen molar-refractivity contribution in [2.45, 2.75) is 39.7 Å². The van der Waals surface area contributed by atoms with Crippen LogP contribution in [0, 0.1) is 13.8 Å². The molecule has 17 heavy (non-hydrogen) atoms. The molecule has 2 heterocycles. The van der Waals surface area contributed by atoms with Crippen molar-refractivity contribution in [1.82, 2.24) is 9.55 Å². The Morgan fingerprint density at radius 3 is 2.82 bits per heavy atom. The molecule has 0 aliphatic carbocycles. The van der Waals surface area contributed by atoms with E-state index in [0.717, 1.165) is 18.7 Å². The second-order valence-electron chi connectivity index (χ2n) is 5.01. The molecular weight excluding hydrogens is 208 g/mol. The summed E-state index contributed by atoms with van der Waals surface area (Å²) in [4.78, 5) is 4.77. The first-order valence-electron chi connectivity index (χ1n) is 6.38. The number of nitrogens with zero attached hydrogens (tertiary/aromatic N) is 2. The van der Waals surface area contributed by atoms with Crippen LogP contribution in [0.25, 0.3) is 11.3 Å². The fourth-order valence-corrected chi connectivity index (χ4v) is 2.64. The molecule has 1 aliphatic heterocycles. The zero-order valence-corrected chi connectivity index (χ0v) is 10.5. The van der Waals surface area contributed by atoms with Crippen molar-refractivity contribution in [1.29, 1.82) is 0 Å². The van der Waals surface area contributed by atoms with Crippen LogP contribution in [0.4, 0.5) is 0 Å². The van der Waals surface area contributed by atoms with Crippen LogP contribution in [0.1, 0.15) is 29.8 Å².